The summed E-state index contributed by atoms with van der Waals surface area (Å²) in [5.74, 6) is -0.435. The zero-order chi connectivity index (χ0) is 8.69. The molecular formula is C8H13NO2. The van der Waals surface area contributed by atoms with Crippen molar-refractivity contribution >= 4 is 5.91 Å². The van der Waals surface area contributed by atoms with Crippen LogP contribution in [0.15, 0.2) is 23.8 Å². The van der Waals surface area contributed by atoms with Gasteiger partial charge in [0.05, 0.1) is 6.61 Å². The summed E-state index contributed by atoms with van der Waals surface area (Å²) >= 11 is 0. The maximum absolute atomic E-state index is 10.3. The van der Waals surface area contributed by atoms with Crippen LogP contribution in [-0.4, -0.2) is 19.6 Å². The number of hydrogen-bond acceptors (Lipinski definition) is 2. The van der Waals surface area contributed by atoms with E-state index in [-0.39, 0.29) is 0 Å². The minimum atomic E-state index is -0.435. The van der Waals surface area contributed by atoms with Gasteiger partial charge in [0.2, 0.25) is 5.91 Å². The van der Waals surface area contributed by atoms with Crippen LogP contribution in [0.2, 0.25) is 0 Å². The second-order valence-electron chi connectivity index (χ2n) is 2.14. The number of nitrogens with two attached hydrogens (primary N) is 1. The van der Waals surface area contributed by atoms with Gasteiger partial charge in [-0.05, 0) is 6.92 Å². The van der Waals surface area contributed by atoms with E-state index in [9.17, 15) is 4.79 Å². The van der Waals surface area contributed by atoms with Gasteiger partial charge in [0.25, 0.3) is 0 Å². The average molecular weight is 155 g/mol. The normalized spacial score (nSPS) is 12.4. The van der Waals surface area contributed by atoms with Crippen molar-refractivity contribution in [1.29, 1.82) is 0 Å². The number of carbonyl (C=O) groups excluding carboxylic acids is 1. The van der Waals surface area contributed by atoms with Crippen LogP contribution in [0.4, 0.5) is 0 Å². The van der Waals surface area contributed by atoms with Crippen LogP contribution in [0.5, 0.6) is 0 Å². The van der Waals surface area contributed by atoms with Crippen molar-refractivity contribution in [2.24, 2.45) is 5.73 Å². The van der Waals surface area contributed by atoms with Crippen LogP contribution in [0.3, 0.4) is 0 Å². The Balaban J connectivity index is 3.84. The molecule has 3 heteroatoms. The molecule has 0 aromatic heterocycles. The first-order valence-corrected chi connectivity index (χ1v) is 3.30. The molecule has 0 aliphatic rings. The third kappa shape index (κ3) is 6.80. The van der Waals surface area contributed by atoms with E-state index in [1.807, 2.05) is 13.0 Å². The third-order valence-electron chi connectivity index (χ3n) is 1.08. The van der Waals surface area contributed by atoms with Gasteiger partial charge in [-0.3, -0.25) is 4.79 Å². The van der Waals surface area contributed by atoms with Gasteiger partial charge < -0.3 is 10.5 Å². The van der Waals surface area contributed by atoms with Gasteiger partial charge in [0.15, 0.2) is 0 Å². The molecule has 0 aromatic rings. The summed E-state index contributed by atoms with van der Waals surface area (Å²) in [7, 11) is 1.61. The van der Waals surface area contributed by atoms with Crippen molar-refractivity contribution in [2.45, 2.75) is 6.92 Å². The minimum absolute atomic E-state index is 0.435. The topological polar surface area (TPSA) is 52.3 Å². The van der Waals surface area contributed by atoms with Gasteiger partial charge in [-0.15, -0.1) is 0 Å². The Hall–Kier alpha value is -1.09. The highest BCUT2D eigenvalue weighted by Gasteiger charge is 1.83. The predicted octanol–water partition coefficient (Wildman–Crippen LogP) is 0.621. The first kappa shape index (κ1) is 9.91. The number of allylic oxidation sites excluding steroid dienone is 2. The minimum Gasteiger partial charge on any atom is -0.381 e. The Morgan fingerprint density at radius 2 is 2.18 bits per heavy atom. The van der Waals surface area contributed by atoms with Crippen molar-refractivity contribution < 1.29 is 9.53 Å². The molecule has 11 heavy (non-hydrogen) atoms. The summed E-state index contributed by atoms with van der Waals surface area (Å²) in [6.07, 6.45) is 4.84. The number of hydrogen-bond donors (Lipinski definition) is 1. The van der Waals surface area contributed by atoms with E-state index in [0.29, 0.717) is 6.61 Å². The lowest BCUT2D eigenvalue weighted by atomic mass is 10.2. The molecule has 0 heterocycles. The molecule has 62 valence electrons. The molecule has 0 spiro atoms. The number of amides is 1. The molecule has 2 N–H and O–H groups in total. The zero-order valence-electron chi connectivity index (χ0n) is 6.83. The maximum atomic E-state index is 10.3. The number of rotatable bonds is 4. The van der Waals surface area contributed by atoms with E-state index >= 15 is 0 Å². The van der Waals surface area contributed by atoms with E-state index in [4.69, 9.17) is 10.5 Å². The zero-order valence-corrected chi connectivity index (χ0v) is 6.83. The van der Waals surface area contributed by atoms with Crippen molar-refractivity contribution in [1.82, 2.24) is 0 Å². The average Bonchev–Trinajstić information content (AvgIpc) is 1.97. The van der Waals surface area contributed by atoms with Crippen LogP contribution in [-0.2, 0) is 9.53 Å². The molecule has 0 aliphatic carbocycles. The van der Waals surface area contributed by atoms with E-state index in [0.717, 1.165) is 5.57 Å². The summed E-state index contributed by atoms with van der Waals surface area (Å²) in [5.41, 5.74) is 5.85. The number of methoxy groups -OCH3 is 1. The second-order valence-corrected chi connectivity index (χ2v) is 2.14. The molecule has 3 nitrogen and oxygen atoms in total. The summed E-state index contributed by atoms with van der Waals surface area (Å²) in [6, 6.07) is 0. The molecule has 0 saturated heterocycles. The van der Waals surface area contributed by atoms with Crippen molar-refractivity contribution in [3.8, 4) is 0 Å². The van der Waals surface area contributed by atoms with Crippen LogP contribution in [0.25, 0.3) is 0 Å². The first-order chi connectivity index (χ1) is 5.16. The third-order valence-corrected chi connectivity index (χ3v) is 1.08. The lowest BCUT2D eigenvalue weighted by Crippen LogP contribution is -2.05. The predicted molar refractivity (Wildman–Crippen MR) is 44.0 cm³/mol. The lowest BCUT2D eigenvalue weighted by molar-refractivity contribution is -0.113. The maximum Gasteiger partial charge on any atom is 0.241 e. The van der Waals surface area contributed by atoms with Crippen LogP contribution >= 0.6 is 0 Å². The van der Waals surface area contributed by atoms with Crippen LogP contribution in [0.1, 0.15) is 6.92 Å². The molecule has 0 saturated carbocycles. The first-order valence-electron chi connectivity index (χ1n) is 3.30. The Bertz CT molecular complexity index is 183. The van der Waals surface area contributed by atoms with Gasteiger partial charge in [0, 0.05) is 13.2 Å². The molecule has 0 unspecified atom stereocenters. The monoisotopic (exact) mass is 155 g/mol. The molecule has 0 radical (unpaired) electrons. The molecule has 0 bridgehead atoms. The number of carbonyl (C=O) groups is 1. The Morgan fingerprint density at radius 1 is 1.55 bits per heavy atom. The van der Waals surface area contributed by atoms with Gasteiger partial charge >= 0.3 is 0 Å². The van der Waals surface area contributed by atoms with E-state index in [1.165, 1.54) is 6.08 Å². The van der Waals surface area contributed by atoms with Crippen molar-refractivity contribution in [3.63, 3.8) is 0 Å². The van der Waals surface area contributed by atoms with Gasteiger partial charge in [-0.2, -0.15) is 0 Å². The smallest absolute Gasteiger partial charge is 0.241 e. The Labute approximate surface area is 66.5 Å². The number of primary amides is 1. The Morgan fingerprint density at radius 3 is 2.64 bits per heavy atom. The molecule has 0 aliphatic heterocycles. The van der Waals surface area contributed by atoms with E-state index in [2.05, 4.69) is 0 Å². The van der Waals surface area contributed by atoms with Crippen LogP contribution in [0, 0.1) is 0 Å². The fourth-order valence-corrected chi connectivity index (χ4v) is 0.496. The number of ether oxygens (including phenoxy) is 1. The SMILES string of the molecule is COCC=C(C)C=CC(N)=O. The summed E-state index contributed by atoms with van der Waals surface area (Å²) in [5, 5.41) is 0. The van der Waals surface area contributed by atoms with Crippen LogP contribution < -0.4 is 5.73 Å². The fourth-order valence-electron chi connectivity index (χ4n) is 0.496. The molecule has 0 aromatic carbocycles. The molecule has 0 atom stereocenters. The lowest BCUT2D eigenvalue weighted by Gasteiger charge is -1.91. The van der Waals surface area contributed by atoms with Gasteiger partial charge in [-0.1, -0.05) is 17.7 Å². The molecule has 0 rings (SSSR count). The molecular weight excluding hydrogens is 142 g/mol. The summed E-state index contributed by atoms with van der Waals surface area (Å²) in [4.78, 5) is 10.3. The van der Waals surface area contributed by atoms with Gasteiger partial charge in [-0.25, -0.2) is 0 Å². The fraction of sp³-hybridized carbons (Fsp3) is 0.375. The summed E-state index contributed by atoms with van der Waals surface area (Å²) < 4.78 is 4.79. The molecule has 1 amide bonds. The highest BCUT2D eigenvalue weighted by Crippen LogP contribution is 1.93. The van der Waals surface area contributed by atoms with Crippen molar-refractivity contribution in [2.75, 3.05) is 13.7 Å². The standard InChI is InChI=1S/C8H13NO2/c1-7(5-6-11-2)3-4-8(9)10/h3-5H,6H2,1-2H3,(H2,9,10). The highest BCUT2D eigenvalue weighted by atomic mass is 16.5. The van der Waals surface area contributed by atoms with Crippen molar-refractivity contribution in [3.05, 3.63) is 23.8 Å². The Kier molecular flexibility index (Phi) is 5.11. The summed E-state index contributed by atoms with van der Waals surface area (Å²) in [6.45, 7) is 2.42. The second kappa shape index (κ2) is 5.68. The van der Waals surface area contributed by atoms with E-state index in [1.54, 1.807) is 13.2 Å². The molecule has 0 fully saturated rings. The highest BCUT2D eigenvalue weighted by molar-refractivity contribution is 5.86. The quantitative estimate of drug-likeness (QED) is 0.478. The largest absolute Gasteiger partial charge is 0.381 e. The van der Waals surface area contributed by atoms with Gasteiger partial charge in [0.1, 0.15) is 0 Å². The van der Waals surface area contributed by atoms with E-state index < -0.39 is 5.91 Å².